The molecule has 0 aliphatic carbocycles. The fourth-order valence-electron chi connectivity index (χ4n) is 1.82. The second kappa shape index (κ2) is 4.45. The molecule has 0 radical (unpaired) electrons. The summed E-state index contributed by atoms with van der Waals surface area (Å²) in [5.41, 5.74) is 1.51. The first-order valence-corrected chi connectivity index (χ1v) is 5.54. The van der Waals surface area contributed by atoms with Crippen molar-refractivity contribution in [1.82, 2.24) is 0 Å². The van der Waals surface area contributed by atoms with E-state index in [2.05, 4.69) is 10.6 Å². The van der Waals surface area contributed by atoms with Crippen molar-refractivity contribution in [3.63, 3.8) is 0 Å². The van der Waals surface area contributed by atoms with Crippen LogP contribution in [0.5, 0.6) is 0 Å². The number of nitrogens with one attached hydrogen (secondary N) is 2. The molecular formula is C12H14N2O3. The third-order valence-electron chi connectivity index (χ3n) is 2.93. The molecule has 0 saturated heterocycles. The van der Waals surface area contributed by atoms with Gasteiger partial charge in [0.25, 0.3) is 0 Å². The van der Waals surface area contributed by atoms with Crippen LogP contribution in [0.15, 0.2) is 18.2 Å². The molecule has 1 aliphatic rings. The molecule has 1 aliphatic heterocycles. The molecule has 2 rings (SSSR count). The molecule has 1 aromatic carbocycles. The van der Waals surface area contributed by atoms with Crippen LogP contribution in [0, 0.1) is 5.92 Å². The van der Waals surface area contributed by atoms with Gasteiger partial charge in [0.15, 0.2) is 0 Å². The molecule has 3 N–H and O–H groups in total. The molecule has 0 saturated carbocycles. The first kappa shape index (κ1) is 11.4. The van der Waals surface area contributed by atoms with Gasteiger partial charge in [0.1, 0.15) is 0 Å². The molecule has 17 heavy (non-hydrogen) atoms. The number of carbonyl (C=O) groups excluding carboxylic acids is 1. The van der Waals surface area contributed by atoms with Gasteiger partial charge in [-0.25, -0.2) is 4.79 Å². The first-order chi connectivity index (χ1) is 8.11. The summed E-state index contributed by atoms with van der Waals surface area (Å²) in [6.07, 6.45) is 0.749. The van der Waals surface area contributed by atoms with Crippen LogP contribution in [0.3, 0.4) is 0 Å². The lowest BCUT2D eigenvalue weighted by molar-refractivity contribution is -0.119. The molecule has 1 aromatic rings. The molecule has 5 nitrogen and oxygen atoms in total. The van der Waals surface area contributed by atoms with Gasteiger partial charge in [0.05, 0.1) is 22.9 Å². The lowest BCUT2D eigenvalue weighted by Crippen LogP contribution is -2.24. The van der Waals surface area contributed by atoms with Gasteiger partial charge >= 0.3 is 5.97 Å². The van der Waals surface area contributed by atoms with Crippen molar-refractivity contribution in [1.29, 1.82) is 0 Å². The van der Waals surface area contributed by atoms with Crippen LogP contribution >= 0.6 is 0 Å². The van der Waals surface area contributed by atoms with Crippen LogP contribution in [-0.2, 0) is 4.79 Å². The minimum absolute atomic E-state index is 0.0261. The SMILES string of the molecule is CCC1CNc2cc(C(=O)O)ccc2NC1=O. The van der Waals surface area contributed by atoms with Gasteiger partial charge in [-0.2, -0.15) is 0 Å². The van der Waals surface area contributed by atoms with Crippen LogP contribution < -0.4 is 10.6 Å². The number of carboxylic acid groups (broad SMARTS) is 1. The fourth-order valence-corrected chi connectivity index (χ4v) is 1.82. The molecule has 0 bridgehead atoms. The smallest absolute Gasteiger partial charge is 0.335 e. The second-order valence-corrected chi connectivity index (χ2v) is 4.04. The Kier molecular flexibility index (Phi) is 2.99. The lowest BCUT2D eigenvalue weighted by Gasteiger charge is -2.09. The monoisotopic (exact) mass is 234 g/mol. The number of benzene rings is 1. The number of hydrogen-bond donors (Lipinski definition) is 3. The van der Waals surface area contributed by atoms with Gasteiger partial charge in [-0.15, -0.1) is 0 Å². The minimum Gasteiger partial charge on any atom is -0.478 e. The molecule has 1 amide bonds. The molecule has 0 spiro atoms. The molecule has 1 unspecified atom stereocenters. The molecule has 90 valence electrons. The highest BCUT2D eigenvalue weighted by Crippen LogP contribution is 2.27. The van der Waals surface area contributed by atoms with Crippen molar-refractivity contribution >= 4 is 23.3 Å². The van der Waals surface area contributed by atoms with E-state index in [9.17, 15) is 9.59 Å². The van der Waals surface area contributed by atoms with Crippen molar-refractivity contribution in [3.05, 3.63) is 23.8 Å². The Hall–Kier alpha value is -2.04. The Morgan fingerprint density at radius 2 is 2.24 bits per heavy atom. The van der Waals surface area contributed by atoms with Crippen LogP contribution in [0.2, 0.25) is 0 Å². The number of carbonyl (C=O) groups is 2. The number of rotatable bonds is 2. The number of aromatic carboxylic acids is 1. The van der Waals surface area contributed by atoms with E-state index in [1.54, 1.807) is 6.07 Å². The highest BCUT2D eigenvalue weighted by Gasteiger charge is 2.22. The standard InChI is InChI=1S/C12H14N2O3/c1-2-7-6-13-10-5-8(12(16)17)3-4-9(10)14-11(7)15/h3-5,7,13H,2,6H2,1H3,(H,14,15)(H,16,17). The van der Waals surface area contributed by atoms with E-state index in [4.69, 9.17) is 5.11 Å². The zero-order chi connectivity index (χ0) is 12.4. The Balaban J connectivity index is 2.33. The molecular weight excluding hydrogens is 220 g/mol. The van der Waals surface area contributed by atoms with Gasteiger partial charge < -0.3 is 15.7 Å². The van der Waals surface area contributed by atoms with Gasteiger partial charge in [0.2, 0.25) is 5.91 Å². The summed E-state index contributed by atoms with van der Waals surface area (Å²) in [7, 11) is 0. The van der Waals surface area contributed by atoms with Crippen LogP contribution in [0.25, 0.3) is 0 Å². The highest BCUT2D eigenvalue weighted by molar-refractivity contribution is 5.99. The maximum atomic E-state index is 11.8. The summed E-state index contributed by atoms with van der Waals surface area (Å²) in [5.74, 6) is -1.09. The Morgan fingerprint density at radius 1 is 1.47 bits per heavy atom. The van der Waals surface area contributed by atoms with Crippen molar-refractivity contribution in [2.24, 2.45) is 5.92 Å². The van der Waals surface area contributed by atoms with E-state index in [-0.39, 0.29) is 17.4 Å². The number of carboxylic acids is 1. The van der Waals surface area contributed by atoms with Gasteiger partial charge in [-0.3, -0.25) is 4.79 Å². The minimum atomic E-state index is -0.975. The molecule has 1 atom stereocenters. The third-order valence-corrected chi connectivity index (χ3v) is 2.93. The summed E-state index contributed by atoms with van der Waals surface area (Å²) in [6, 6.07) is 4.63. The number of anilines is 2. The normalized spacial score (nSPS) is 18.6. The summed E-state index contributed by atoms with van der Waals surface area (Å²) >= 11 is 0. The molecule has 5 heteroatoms. The van der Waals surface area contributed by atoms with Crippen molar-refractivity contribution in [2.45, 2.75) is 13.3 Å². The van der Waals surface area contributed by atoms with E-state index >= 15 is 0 Å². The Labute approximate surface area is 98.8 Å². The van der Waals surface area contributed by atoms with Crippen LogP contribution in [-0.4, -0.2) is 23.5 Å². The summed E-state index contributed by atoms with van der Waals surface area (Å²) in [5, 5.41) is 14.8. The predicted octanol–water partition coefficient (Wildman–Crippen LogP) is 1.77. The van der Waals surface area contributed by atoms with Gasteiger partial charge in [-0.1, -0.05) is 6.92 Å². The summed E-state index contributed by atoms with van der Waals surface area (Å²) in [4.78, 5) is 22.6. The number of hydrogen-bond acceptors (Lipinski definition) is 3. The van der Waals surface area contributed by atoms with E-state index in [0.717, 1.165) is 6.42 Å². The maximum absolute atomic E-state index is 11.8. The highest BCUT2D eigenvalue weighted by atomic mass is 16.4. The zero-order valence-electron chi connectivity index (χ0n) is 9.49. The first-order valence-electron chi connectivity index (χ1n) is 5.54. The quantitative estimate of drug-likeness (QED) is 0.728. The average Bonchev–Trinajstić information content (AvgIpc) is 2.46. The largest absolute Gasteiger partial charge is 0.478 e. The molecule has 0 fully saturated rings. The molecule has 0 aromatic heterocycles. The van der Waals surface area contributed by atoms with E-state index in [1.165, 1.54) is 12.1 Å². The van der Waals surface area contributed by atoms with E-state index in [1.807, 2.05) is 6.92 Å². The van der Waals surface area contributed by atoms with Gasteiger partial charge in [-0.05, 0) is 24.6 Å². The van der Waals surface area contributed by atoms with E-state index in [0.29, 0.717) is 17.9 Å². The van der Waals surface area contributed by atoms with Crippen molar-refractivity contribution < 1.29 is 14.7 Å². The average molecular weight is 234 g/mol. The van der Waals surface area contributed by atoms with Gasteiger partial charge in [0, 0.05) is 6.54 Å². The van der Waals surface area contributed by atoms with Crippen LogP contribution in [0.1, 0.15) is 23.7 Å². The fraction of sp³-hybridized carbons (Fsp3) is 0.333. The van der Waals surface area contributed by atoms with Crippen molar-refractivity contribution in [2.75, 3.05) is 17.2 Å². The number of fused-ring (bicyclic) bond motifs is 1. The summed E-state index contributed by atoms with van der Waals surface area (Å²) < 4.78 is 0. The van der Waals surface area contributed by atoms with E-state index < -0.39 is 5.97 Å². The third kappa shape index (κ3) is 2.22. The Morgan fingerprint density at radius 3 is 2.88 bits per heavy atom. The van der Waals surface area contributed by atoms with Crippen molar-refractivity contribution in [3.8, 4) is 0 Å². The zero-order valence-corrected chi connectivity index (χ0v) is 9.49. The second-order valence-electron chi connectivity index (χ2n) is 4.04. The lowest BCUT2D eigenvalue weighted by atomic mass is 10.1. The Bertz CT molecular complexity index is 471. The summed E-state index contributed by atoms with van der Waals surface area (Å²) in [6.45, 7) is 2.48. The van der Waals surface area contributed by atoms with Crippen LogP contribution in [0.4, 0.5) is 11.4 Å². The predicted molar refractivity (Wildman–Crippen MR) is 64.3 cm³/mol. The number of amides is 1. The maximum Gasteiger partial charge on any atom is 0.335 e. The topological polar surface area (TPSA) is 78.4 Å². The molecule has 1 heterocycles.